The second kappa shape index (κ2) is 8.74. The summed E-state index contributed by atoms with van der Waals surface area (Å²) in [6.07, 6.45) is 1.63. The molecule has 0 amide bonds. The number of thiophene rings is 1. The Labute approximate surface area is 125 Å². The van der Waals surface area contributed by atoms with E-state index in [9.17, 15) is 8.42 Å². The number of unbranched alkanes of at least 4 members (excludes halogenated alkanes) is 1. The normalized spacial score (nSPS) is 12.2. The fraction of sp³-hybridized carbons (Fsp3) is 0.692. The highest BCUT2D eigenvalue weighted by atomic mass is 32.2. The van der Waals surface area contributed by atoms with Crippen LogP contribution in [-0.2, 0) is 21.3 Å². The fourth-order valence-corrected chi connectivity index (χ4v) is 3.98. The molecule has 0 saturated heterocycles. The van der Waals surface area contributed by atoms with Crippen LogP contribution in [0.25, 0.3) is 0 Å². The minimum absolute atomic E-state index is 0.379. The zero-order valence-electron chi connectivity index (χ0n) is 12.3. The van der Waals surface area contributed by atoms with Crippen molar-refractivity contribution in [1.82, 2.24) is 10.0 Å². The first kappa shape index (κ1) is 17.6. The number of sulfonamides is 1. The largest absolute Gasteiger partial charge is 0.385 e. The Morgan fingerprint density at radius 2 is 2.05 bits per heavy atom. The van der Waals surface area contributed by atoms with Crippen molar-refractivity contribution in [2.45, 2.75) is 43.5 Å². The van der Waals surface area contributed by atoms with Crippen molar-refractivity contribution in [3.63, 3.8) is 0 Å². The zero-order valence-corrected chi connectivity index (χ0v) is 13.9. The molecule has 2 N–H and O–H groups in total. The van der Waals surface area contributed by atoms with Crippen LogP contribution in [0.2, 0.25) is 0 Å². The molecule has 0 fully saturated rings. The summed E-state index contributed by atoms with van der Waals surface area (Å²) >= 11 is 1.31. The highest BCUT2D eigenvalue weighted by Crippen LogP contribution is 2.21. The van der Waals surface area contributed by atoms with E-state index in [1.165, 1.54) is 11.3 Å². The maximum absolute atomic E-state index is 12.1. The van der Waals surface area contributed by atoms with E-state index in [0.29, 0.717) is 29.9 Å². The lowest BCUT2D eigenvalue weighted by molar-refractivity contribution is 0.193. The summed E-state index contributed by atoms with van der Waals surface area (Å²) in [4.78, 5) is 1.03. The van der Waals surface area contributed by atoms with Gasteiger partial charge in [-0.05, 0) is 25.0 Å². The van der Waals surface area contributed by atoms with Gasteiger partial charge >= 0.3 is 0 Å². The predicted octanol–water partition coefficient (Wildman–Crippen LogP) is 1.95. The third-order valence-electron chi connectivity index (χ3n) is 2.65. The summed E-state index contributed by atoms with van der Waals surface area (Å²) in [5, 5.41) is 3.27. The highest BCUT2D eigenvalue weighted by Gasteiger charge is 2.16. The van der Waals surface area contributed by atoms with E-state index in [0.717, 1.165) is 17.7 Å². The van der Waals surface area contributed by atoms with Crippen LogP contribution in [0.4, 0.5) is 0 Å². The summed E-state index contributed by atoms with van der Waals surface area (Å²) in [5.41, 5.74) is 0. The van der Waals surface area contributed by atoms with Gasteiger partial charge < -0.3 is 10.1 Å². The quantitative estimate of drug-likeness (QED) is 0.647. The van der Waals surface area contributed by atoms with Crippen molar-refractivity contribution in [2.24, 2.45) is 0 Å². The Hall–Kier alpha value is -0.470. The van der Waals surface area contributed by atoms with E-state index in [-0.39, 0.29) is 0 Å². The van der Waals surface area contributed by atoms with Crippen molar-refractivity contribution >= 4 is 21.4 Å². The van der Waals surface area contributed by atoms with Gasteiger partial charge in [-0.15, -0.1) is 11.3 Å². The van der Waals surface area contributed by atoms with Gasteiger partial charge in [0.05, 0.1) is 0 Å². The molecule has 1 aromatic heterocycles. The summed E-state index contributed by atoms with van der Waals surface area (Å²) < 4.78 is 32.1. The zero-order chi connectivity index (χ0) is 15.0. The lowest BCUT2D eigenvalue weighted by Gasteiger charge is -2.06. The van der Waals surface area contributed by atoms with E-state index >= 15 is 0 Å². The van der Waals surface area contributed by atoms with Crippen LogP contribution in [-0.4, -0.2) is 34.7 Å². The molecule has 116 valence electrons. The van der Waals surface area contributed by atoms with E-state index < -0.39 is 10.0 Å². The van der Waals surface area contributed by atoms with Crippen LogP contribution in [0.5, 0.6) is 0 Å². The summed E-state index contributed by atoms with van der Waals surface area (Å²) in [5.74, 6) is 0. The average Bonchev–Trinajstić information content (AvgIpc) is 2.85. The summed E-state index contributed by atoms with van der Waals surface area (Å²) in [6, 6.07) is 3.91. The number of nitrogens with one attached hydrogen (secondary N) is 2. The molecule has 0 aliphatic carbocycles. The van der Waals surface area contributed by atoms with Crippen molar-refractivity contribution in [3.05, 3.63) is 17.0 Å². The topological polar surface area (TPSA) is 67.4 Å². The van der Waals surface area contributed by atoms with Crippen molar-refractivity contribution in [3.8, 4) is 0 Å². The molecule has 5 nitrogen and oxygen atoms in total. The molecule has 1 heterocycles. The molecule has 0 spiro atoms. The lowest BCUT2D eigenvalue weighted by Crippen LogP contribution is -2.24. The van der Waals surface area contributed by atoms with Gasteiger partial charge in [0.1, 0.15) is 4.21 Å². The predicted molar refractivity (Wildman–Crippen MR) is 82.6 cm³/mol. The second-order valence-corrected chi connectivity index (χ2v) is 8.02. The highest BCUT2D eigenvalue weighted by molar-refractivity contribution is 7.91. The molecular formula is C13H24N2O3S2. The van der Waals surface area contributed by atoms with Crippen molar-refractivity contribution < 1.29 is 13.2 Å². The fourth-order valence-electron chi connectivity index (χ4n) is 1.55. The third kappa shape index (κ3) is 6.32. The number of ether oxygens (including phenoxy) is 1. The molecule has 0 bridgehead atoms. The number of hydrogen-bond acceptors (Lipinski definition) is 5. The lowest BCUT2D eigenvalue weighted by atomic mass is 10.3. The van der Waals surface area contributed by atoms with Gasteiger partial charge in [0.15, 0.2) is 0 Å². The smallest absolute Gasteiger partial charge is 0.250 e. The molecule has 0 radical (unpaired) electrons. The van der Waals surface area contributed by atoms with Crippen LogP contribution >= 0.6 is 11.3 Å². The van der Waals surface area contributed by atoms with Gasteiger partial charge in [0, 0.05) is 37.7 Å². The second-order valence-electron chi connectivity index (χ2n) is 4.85. The van der Waals surface area contributed by atoms with Crippen LogP contribution in [0.3, 0.4) is 0 Å². The monoisotopic (exact) mass is 320 g/mol. The first-order chi connectivity index (χ1) is 9.45. The molecule has 1 rings (SSSR count). The summed E-state index contributed by atoms with van der Waals surface area (Å²) in [7, 11) is -1.72. The molecule has 0 aliphatic heterocycles. The van der Waals surface area contributed by atoms with Gasteiger partial charge in [-0.2, -0.15) is 0 Å². The standard InChI is InChI=1S/C13H24N2O3S2/c1-11(2)14-10-12-6-7-13(19-12)20(16,17)15-8-4-5-9-18-3/h6-7,11,14-15H,4-5,8-10H2,1-3H3. The Kier molecular flexibility index (Phi) is 7.68. The van der Waals surface area contributed by atoms with Gasteiger partial charge in [0.2, 0.25) is 10.0 Å². The van der Waals surface area contributed by atoms with Crippen LogP contribution in [0.15, 0.2) is 16.3 Å². The van der Waals surface area contributed by atoms with Crippen LogP contribution in [0, 0.1) is 0 Å². The Morgan fingerprint density at radius 3 is 2.70 bits per heavy atom. The number of hydrogen-bond donors (Lipinski definition) is 2. The Morgan fingerprint density at radius 1 is 1.30 bits per heavy atom. The molecular weight excluding hydrogens is 296 g/mol. The molecule has 20 heavy (non-hydrogen) atoms. The summed E-state index contributed by atoms with van der Waals surface area (Å²) in [6.45, 7) is 5.93. The van der Waals surface area contributed by atoms with Gasteiger partial charge in [-0.3, -0.25) is 0 Å². The maximum Gasteiger partial charge on any atom is 0.250 e. The molecule has 1 aromatic rings. The minimum atomic E-state index is -3.37. The molecule has 7 heteroatoms. The Bertz CT molecular complexity index is 484. The molecule has 0 unspecified atom stereocenters. The van der Waals surface area contributed by atoms with E-state index in [1.54, 1.807) is 13.2 Å². The minimum Gasteiger partial charge on any atom is -0.385 e. The number of rotatable bonds is 10. The molecule has 0 aliphatic rings. The van der Waals surface area contributed by atoms with Gasteiger partial charge in [0.25, 0.3) is 0 Å². The SMILES string of the molecule is COCCCCNS(=O)(=O)c1ccc(CNC(C)C)s1. The van der Waals surface area contributed by atoms with E-state index in [1.807, 2.05) is 6.07 Å². The van der Waals surface area contributed by atoms with Gasteiger partial charge in [-0.25, -0.2) is 13.1 Å². The van der Waals surface area contributed by atoms with E-state index in [2.05, 4.69) is 23.9 Å². The van der Waals surface area contributed by atoms with E-state index in [4.69, 9.17) is 4.74 Å². The third-order valence-corrected chi connectivity index (χ3v) is 5.69. The Balaban J connectivity index is 2.46. The van der Waals surface area contributed by atoms with Crippen LogP contribution in [0.1, 0.15) is 31.6 Å². The van der Waals surface area contributed by atoms with Crippen LogP contribution < -0.4 is 10.0 Å². The maximum atomic E-state index is 12.1. The first-order valence-electron chi connectivity index (χ1n) is 6.76. The van der Waals surface area contributed by atoms with Crippen molar-refractivity contribution in [1.29, 1.82) is 0 Å². The molecule has 0 saturated carbocycles. The number of methoxy groups -OCH3 is 1. The first-order valence-corrected chi connectivity index (χ1v) is 9.06. The van der Waals surface area contributed by atoms with Crippen molar-refractivity contribution in [2.75, 3.05) is 20.3 Å². The average molecular weight is 320 g/mol. The molecule has 0 atom stereocenters. The van der Waals surface area contributed by atoms with Gasteiger partial charge in [-0.1, -0.05) is 13.8 Å². The molecule has 0 aromatic carbocycles.